The Morgan fingerprint density at radius 3 is 2.94 bits per heavy atom. The van der Waals surface area contributed by atoms with Crippen molar-refractivity contribution in [1.29, 1.82) is 0 Å². The van der Waals surface area contributed by atoms with E-state index in [1.807, 2.05) is 16.3 Å². The van der Waals surface area contributed by atoms with E-state index in [2.05, 4.69) is 23.8 Å². The van der Waals surface area contributed by atoms with E-state index >= 15 is 0 Å². The van der Waals surface area contributed by atoms with Gasteiger partial charge in [0.05, 0.1) is 19.4 Å². The van der Waals surface area contributed by atoms with Crippen molar-refractivity contribution in [2.24, 2.45) is 7.05 Å². The molecule has 0 N–H and O–H groups in total. The molecular formula is C10H18N4OS. The average Bonchev–Trinajstić information content (AvgIpc) is 2.55. The first-order chi connectivity index (χ1) is 7.58. The lowest BCUT2D eigenvalue weighted by Crippen LogP contribution is -2.47. The topological polar surface area (TPSA) is 35.2 Å². The zero-order chi connectivity index (χ0) is 11.7. The first-order valence-corrected chi connectivity index (χ1v) is 5.93. The molecule has 16 heavy (non-hydrogen) atoms. The summed E-state index contributed by atoms with van der Waals surface area (Å²) in [5, 5.41) is 4.26. The van der Waals surface area contributed by atoms with E-state index in [1.54, 1.807) is 6.33 Å². The first kappa shape index (κ1) is 11.8. The van der Waals surface area contributed by atoms with Crippen molar-refractivity contribution in [1.82, 2.24) is 19.2 Å². The monoisotopic (exact) mass is 242 g/mol. The van der Waals surface area contributed by atoms with Gasteiger partial charge in [0.15, 0.2) is 4.77 Å². The van der Waals surface area contributed by atoms with Gasteiger partial charge >= 0.3 is 0 Å². The lowest BCUT2D eigenvalue weighted by Gasteiger charge is -2.36. The average molecular weight is 242 g/mol. The van der Waals surface area contributed by atoms with E-state index in [0.29, 0.717) is 6.04 Å². The molecule has 0 radical (unpaired) electrons. The molecule has 0 aromatic carbocycles. The minimum atomic E-state index is 0.286. The predicted octanol–water partition coefficient (Wildman–Crippen LogP) is 1.02. The highest BCUT2D eigenvalue weighted by atomic mass is 32.1. The van der Waals surface area contributed by atoms with Gasteiger partial charge in [-0.25, -0.2) is 4.68 Å². The van der Waals surface area contributed by atoms with E-state index in [4.69, 9.17) is 17.0 Å². The first-order valence-electron chi connectivity index (χ1n) is 5.52. The van der Waals surface area contributed by atoms with Gasteiger partial charge in [-0.15, -0.1) is 0 Å². The Balaban J connectivity index is 2.08. The van der Waals surface area contributed by atoms with Crippen LogP contribution >= 0.6 is 12.2 Å². The predicted molar refractivity (Wildman–Crippen MR) is 63.6 cm³/mol. The van der Waals surface area contributed by atoms with E-state index in [-0.39, 0.29) is 6.10 Å². The highest BCUT2D eigenvalue weighted by Crippen LogP contribution is 2.12. The van der Waals surface area contributed by atoms with Crippen LogP contribution < -0.4 is 0 Å². The van der Waals surface area contributed by atoms with Crippen LogP contribution in [0.2, 0.25) is 0 Å². The zero-order valence-electron chi connectivity index (χ0n) is 9.96. The number of nitrogens with zero attached hydrogens (tertiary/aromatic N) is 4. The minimum absolute atomic E-state index is 0.286. The number of morpholine rings is 1. The maximum absolute atomic E-state index is 5.59. The Morgan fingerprint density at radius 1 is 1.56 bits per heavy atom. The second-order valence-electron chi connectivity index (χ2n) is 4.43. The van der Waals surface area contributed by atoms with Gasteiger partial charge in [-0.1, -0.05) is 0 Å². The zero-order valence-corrected chi connectivity index (χ0v) is 10.8. The number of rotatable bonds is 2. The summed E-state index contributed by atoms with van der Waals surface area (Å²) in [4.78, 5) is 2.34. The van der Waals surface area contributed by atoms with Crippen LogP contribution in [0, 0.1) is 4.77 Å². The van der Waals surface area contributed by atoms with Crippen molar-refractivity contribution >= 4 is 12.2 Å². The molecule has 1 fully saturated rings. The van der Waals surface area contributed by atoms with Gasteiger partial charge < -0.3 is 9.30 Å². The Kier molecular flexibility index (Phi) is 3.41. The van der Waals surface area contributed by atoms with Crippen LogP contribution in [0.25, 0.3) is 0 Å². The van der Waals surface area contributed by atoms with Gasteiger partial charge in [-0.3, -0.25) is 4.90 Å². The van der Waals surface area contributed by atoms with Crippen LogP contribution in [0.1, 0.15) is 13.8 Å². The lowest BCUT2D eigenvalue weighted by molar-refractivity contribution is -0.0625. The van der Waals surface area contributed by atoms with Gasteiger partial charge in [-0.2, -0.15) is 5.10 Å². The smallest absolute Gasteiger partial charge is 0.198 e. The summed E-state index contributed by atoms with van der Waals surface area (Å²) in [5.41, 5.74) is 0. The largest absolute Gasteiger partial charge is 0.376 e. The van der Waals surface area contributed by atoms with Crippen molar-refractivity contribution in [3.8, 4) is 0 Å². The van der Waals surface area contributed by atoms with Gasteiger partial charge in [0.2, 0.25) is 0 Å². The van der Waals surface area contributed by atoms with Crippen LogP contribution in [0.4, 0.5) is 0 Å². The number of hydrogen-bond donors (Lipinski definition) is 0. The molecule has 2 heterocycles. The Bertz CT molecular complexity index is 413. The molecule has 1 aromatic heterocycles. The number of aryl methyl sites for hydroxylation is 1. The fourth-order valence-electron chi connectivity index (χ4n) is 1.86. The number of ether oxygens (including phenoxy) is 1. The number of aromatic nitrogens is 3. The van der Waals surface area contributed by atoms with Crippen LogP contribution in [-0.2, 0) is 18.5 Å². The molecule has 0 aliphatic carbocycles. The van der Waals surface area contributed by atoms with Crippen LogP contribution in [0.3, 0.4) is 0 Å². The second kappa shape index (κ2) is 4.65. The van der Waals surface area contributed by atoms with Gasteiger partial charge in [0, 0.05) is 19.6 Å². The lowest BCUT2D eigenvalue weighted by atomic mass is 10.2. The summed E-state index contributed by atoms with van der Waals surface area (Å²) in [7, 11) is 1.91. The molecule has 6 heteroatoms. The quantitative estimate of drug-likeness (QED) is 0.725. The molecule has 90 valence electrons. The third-order valence-corrected chi connectivity index (χ3v) is 3.44. The molecule has 5 nitrogen and oxygen atoms in total. The summed E-state index contributed by atoms with van der Waals surface area (Å²) in [6, 6.07) is 0.417. The van der Waals surface area contributed by atoms with Crippen molar-refractivity contribution in [3.05, 3.63) is 11.1 Å². The van der Waals surface area contributed by atoms with Gasteiger partial charge in [-0.05, 0) is 26.1 Å². The fraction of sp³-hybridized carbons (Fsp3) is 0.800. The van der Waals surface area contributed by atoms with Crippen LogP contribution in [-0.4, -0.2) is 44.5 Å². The van der Waals surface area contributed by atoms with E-state index in [1.165, 1.54) is 0 Å². The molecule has 2 unspecified atom stereocenters. The van der Waals surface area contributed by atoms with Gasteiger partial charge in [0.25, 0.3) is 0 Å². The fourth-order valence-corrected chi connectivity index (χ4v) is 2.01. The number of hydrogen-bond acceptors (Lipinski definition) is 4. The molecule has 1 aromatic rings. The van der Waals surface area contributed by atoms with Crippen molar-refractivity contribution in [2.45, 2.75) is 32.7 Å². The summed E-state index contributed by atoms with van der Waals surface area (Å²) in [5.74, 6) is 0. The van der Waals surface area contributed by atoms with E-state index in [9.17, 15) is 0 Å². The molecule has 2 atom stereocenters. The van der Waals surface area contributed by atoms with Crippen molar-refractivity contribution in [2.75, 3.05) is 13.2 Å². The Labute approximate surface area is 101 Å². The third-order valence-electron chi connectivity index (χ3n) is 2.94. The van der Waals surface area contributed by atoms with E-state index < -0.39 is 0 Å². The normalized spacial score (nSPS) is 27.2. The maximum atomic E-state index is 5.59. The minimum Gasteiger partial charge on any atom is -0.376 e. The molecule has 0 spiro atoms. The highest BCUT2D eigenvalue weighted by Gasteiger charge is 2.23. The highest BCUT2D eigenvalue weighted by molar-refractivity contribution is 7.71. The molecule has 0 saturated carbocycles. The summed E-state index contributed by atoms with van der Waals surface area (Å²) in [6.07, 6.45) is 2.03. The summed E-state index contributed by atoms with van der Waals surface area (Å²) in [6.45, 7) is 6.71. The molecule has 0 amide bonds. The van der Waals surface area contributed by atoms with E-state index in [0.717, 1.165) is 24.6 Å². The van der Waals surface area contributed by atoms with Crippen molar-refractivity contribution < 1.29 is 4.74 Å². The van der Waals surface area contributed by atoms with Gasteiger partial charge in [0.1, 0.15) is 6.33 Å². The molecule has 2 rings (SSSR count). The molecule has 0 bridgehead atoms. The maximum Gasteiger partial charge on any atom is 0.198 e. The molecule has 1 aliphatic rings. The second-order valence-corrected chi connectivity index (χ2v) is 4.79. The Hall–Kier alpha value is -0.720. The standard InChI is InChI=1S/C10H18N4OS/c1-8-5-15-9(2)4-13(8)7-14-10(16)12(3)6-11-14/h6,8-9H,4-5,7H2,1-3H3. The summed E-state index contributed by atoms with van der Waals surface area (Å²) < 4.78 is 10.0. The van der Waals surface area contributed by atoms with Crippen LogP contribution in [0.15, 0.2) is 6.33 Å². The molecule has 1 saturated heterocycles. The Morgan fingerprint density at radius 2 is 2.31 bits per heavy atom. The molecular weight excluding hydrogens is 224 g/mol. The third kappa shape index (κ3) is 2.34. The van der Waals surface area contributed by atoms with Crippen molar-refractivity contribution in [3.63, 3.8) is 0 Å². The molecule has 1 aliphatic heterocycles. The SMILES string of the molecule is CC1CN(Cn2ncn(C)c2=S)C(C)CO1. The van der Waals surface area contributed by atoms with Crippen LogP contribution in [0.5, 0.6) is 0 Å². The summed E-state index contributed by atoms with van der Waals surface area (Å²) >= 11 is 5.27.